The number of benzene rings is 2. The number of hydrogen-bond donors (Lipinski definition) is 2. The van der Waals surface area contributed by atoms with Crippen LogP contribution in [0.5, 0.6) is 0 Å². The van der Waals surface area contributed by atoms with E-state index in [1.54, 1.807) is 24.3 Å². The molecule has 3 rings (SSSR count). The molecule has 2 atom stereocenters. The SMILES string of the molecule is CC(NCc1ccc(-c2ccccc2F)o1)C(O)c1ccccc1.[Cl-]. The van der Waals surface area contributed by atoms with Crippen molar-refractivity contribution in [2.24, 2.45) is 0 Å². The molecule has 0 spiro atoms. The van der Waals surface area contributed by atoms with E-state index in [1.807, 2.05) is 43.3 Å². The first-order valence-electron chi connectivity index (χ1n) is 7.95. The van der Waals surface area contributed by atoms with Gasteiger partial charge in [-0.05, 0) is 36.8 Å². The van der Waals surface area contributed by atoms with Gasteiger partial charge in [0.2, 0.25) is 0 Å². The minimum absolute atomic E-state index is 0. The van der Waals surface area contributed by atoms with Gasteiger partial charge >= 0.3 is 0 Å². The first kappa shape index (κ1) is 19.2. The predicted molar refractivity (Wildman–Crippen MR) is 91.8 cm³/mol. The normalized spacial score (nSPS) is 13.1. The molecule has 0 saturated carbocycles. The van der Waals surface area contributed by atoms with E-state index < -0.39 is 6.10 Å². The fourth-order valence-electron chi connectivity index (χ4n) is 2.59. The van der Waals surface area contributed by atoms with E-state index in [0.717, 1.165) is 5.56 Å². The van der Waals surface area contributed by atoms with Gasteiger partial charge in [-0.1, -0.05) is 42.5 Å². The molecule has 132 valence electrons. The summed E-state index contributed by atoms with van der Waals surface area (Å²) in [4.78, 5) is 0. The Morgan fingerprint density at radius 3 is 2.40 bits per heavy atom. The topological polar surface area (TPSA) is 45.4 Å². The summed E-state index contributed by atoms with van der Waals surface area (Å²) in [5, 5.41) is 13.6. The smallest absolute Gasteiger partial charge is 0.137 e. The molecule has 25 heavy (non-hydrogen) atoms. The van der Waals surface area contributed by atoms with Gasteiger partial charge in [0.1, 0.15) is 17.3 Å². The van der Waals surface area contributed by atoms with Crippen LogP contribution >= 0.6 is 0 Å². The van der Waals surface area contributed by atoms with Crippen molar-refractivity contribution in [2.75, 3.05) is 0 Å². The third-order valence-electron chi connectivity index (χ3n) is 4.01. The highest BCUT2D eigenvalue weighted by molar-refractivity contribution is 5.58. The van der Waals surface area contributed by atoms with E-state index in [2.05, 4.69) is 5.32 Å². The summed E-state index contributed by atoms with van der Waals surface area (Å²) < 4.78 is 19.5. The molecule has 3 aromatic rings. The van der Waals surface area contributed by atoms with Crippen molar-refractivity contribution < 1.29 is 26.3 Å². The molecular formula is C20H20ClFNO2-. The summed E-state index contributed by atoms with van der Waals surface area (Å²) in [6.07, 6.45) is -0.604. The molecule has 0 amide bonds. The van der Waals surface area contributed by atoms with Gasteiger partial charge in [-0.2, -0.15) is 0 Å². The van der Waals surface area contributed by atoms with Gasteiger partial charge in [-0.3, -0.25) is 0 Å². The molecular weight excluding hydrogens is 341 g/mol. The van der Waals surface area contributed by atoms with Crippen LogP contribution < -0.4 is 17.7 Å². The van der Waals surface area contributed by atoms with Gasteiger partial charge in [0, 0.05) is 6.04 Å². The second-order valence-electron chi connectivity index (χ2n) is 5.77. The zero-order valence-electron chi connectivity index (χ0n) is 13.8. The van der Waals surface area contributed by atoms with E-state index in [9.17, 15) is 9.50 Å². The lowest BCUT2D eigenvalue weighted by Crippen LogP contribution is -3.00. The largest absolute Gasteiger partial charge is 1.00 e. The van der Waals surface area contributed by atoms with Crippen LogP contribution in [-0.2, 0) is 6.54 Å². The van der Waals surface area contributed by atoms with E-state index in [1.165, 1.54) is 6.07 Å². The third kappa shape index (κ3) is 4.69. The lowest BCUT2D eigenvalue weighted by atomic mass is 10.0. The minimum atomic E-state index is -0.604. The highest BCUT2D eigenvalue weighted by Gasteiger charge is 2.16. The number of nitrogens with one attached hydrogen (secondary N) is 1. The van der Waals surface area contributed by atoms with Crippen LogP contribution in [-0.4, -0.2) is 11.1 Å². The fourth-order valence-corrected chi connectivity index (χ4v) is 2.59. The molecule has 0 bridgehead atoms. The number of furan rings is 1. The first-order valence-corrected chi connectivity index (χ1v) is 7.95. The number of halogens is 2. The minimum Gasteiger partial charge on any atom is -1.00 e. The molecule has 0 radical (unpaired) electrons. The third-order valence-corrected chi connectivity index (χ3v) is 4.01. The Labute approximate surface area is 152 Å². The second kappa shape index (κ2) is 8.81. The van der Waals surface area contributed by atoms with E-state index >= 15 is 0 Å². The Morgan fingerprint density at radius 2 is 1.68 bits per heavy atom. The van der Waals surface area contributed by atoms with Gasteiger partial charge in [0.15, 0.2) is 0 Å². The first-order chi connectivity index (χ1) is 11.6. The van der Waals surface area contributed by atoms with Gasteiger partial charge in [0.25, 0.3) is 0 Å². The van der Waals surface area contributed by atoms with Crippen molar-refractivity contribution >= 4 is 0 Å². The van der Waals surface area contributed by atoms with Crippen molar-refractivity contribution in [3.63, 3.8) is 0 Å². The summed E-state index contributed by atoms with van der Waals surface area (Å²) in [5.41, 5.74) is 1.31. The Kier molecular flexibility index (Phi) is 6.76. The lowest BCUT2D eigenvalue weighted by molar-refractivity contribution is -0.00000756. The Bertz CT molecular complexity index is 791. The summed E-state index contributed by atoms with van der Waals surface area (Å²) in [7, 11) is 0. The zero-order valence-corrected chi connectivity index (χ0v) is 14.6. The summed E-state index contributed by atoms with van der Waals surface area (Å²) >= 11 is 0. The molecule has 0 aliphatic heterocycles. The van der Waals surface area contributed by atoms with Crippen LogP contribution in [0.2, 0.25) is 0 Å². The summed E-state index contributed by atoms with van der Waals surface area (Å²) in [5.74, 6) is 0.890. The van der Waals surface area contributed by atoms with E-state index in [4.69, 9.17) is 4.42 Å². The van der Waals surface area contributed by atoms with Gasteiger partial charge in [-0.25, -0.2) is 4.39 Å². The van der Waals surface area contributed by atoms with Gasteiger partial charge < -0.3 is 27.2 Å². The average Bonchev–Trinajstić information content (AvgIpc) is 3.09. The quantitative estimate of drug-likeness (QED) is 0.696. The number of aliphatic hydroxyl groups excluding tert-OH is 1. The van der Waals surface area contributed by atoms with Gasteiger partial charge in [0.05, 0.1) is 18.2 Å². The predicted octanol–water partition coefficient (Wildman–Crippen LogP) is 1.30. The van der Waals surface area contributed by atoms with Crippen LogP contribution in [0.3, 0.4) is 0 Å². The number of aliphatic hydroxyl groups is 1. The maximum absolute atomic E-state index is 13.8. The number of rotatable bonds is 6. The van der Waals surface area contributed by atoms with E-state index in [0.29, 0.717) is 23.6 Å². The molecule has 0 aliphatic carbocycles. The molecule has 0 saturated heterocycles. The molecule has 1 heterocycles. The average molecular weight is 361 g/mol. The van der Waals surface area contributed by atoms with Gasteiger partial charge in [-0.15, -0.1) is 0 Å². The zero-order chi connectivity index (χ0) is 16.9. The molecule has 0 aliphatic rings. The highest BCUT2D eigenvalue weighted by atomic mass is 35.5. The van der Waals surface area contributed by atoms with Crippen LogP contribution in [0.25, 0.3) is 11.3 Å². The van der Waals surface area contributed by atoms with Crippen LogP contribution in [0.15, 0.2) is 71.1 Å². The standard InChI is InChI=1S/C20H20FNO2.ClH/c1-14(20(23)15-7-3-2-4-8-15)22-13-16-11-12-19(24-16)17-9-5-6-10-18(17)21;/h2-12,14,20,22-23H,13H2,1H3;1H/p-1. The maximum atomic E-state index is 13.8. The molecule has 2 N–H and O–H groups in total. The number of hydrogen-bond acceptors (Lipinski definition) is 3. The monoisotopic (exact) mass is 360 g/mol. The van der Waals surface area contributed by atoms with Crippen molar-refractivity contribution in [2.45, 2.75) is 25.6 Å². The van der Waals surface area contributed by atoms with Crippen molar-refractivity contribution in [3.05, 3.63) is 83.9 Å². The van der Waals surface area contributed by atoms with Crippen molar-refractivity contribution in [3.8, 4) is 11.3 Å². The highest BCUT2D eigenvalue weighted by Crippen LogP contribution is 2.25. The summed E-state index contributed by atoms with van der Waals surface area (Å²) in [6.45, 7) is 2.37. The Balaban J connectivity index is 0.00000225. The molecule has 5 heteroatoms. The Hall–Kier alpha value is -2.14. The van der Waals surface area contributed by atoms with Crippen molar-refractivity contribution in [1.29, 1.82) is 0 Å². The van der Waals surface area contributed by atoms with Crippen LogP contribution in [0.4, 0.5) is 4.39 Å². The maximum Gasteiger partial charge on any atom is 0.137 e. The molecule has 2 unspecified atom stereocenters. The Morgan fingerprint density at radius 1 is 1.00 bits per heavy atom. The molecule has 2 aromatic carbocycles. The second-order valence-corrected chi connectivity index (χ2v) is 5.77. The van der Waals surface area contributed by atoms with Crippen molar-refractivity contribution in [1.82, 2.24) is 5.32 Å². The summed E-state index contributed by atoms with van der Waals surface area (Å²) in [6, 6.07) is 19.5. The molecule has 0 fully saturated rings. The van der Waals surface area contributed by atoms with E-state index in [-0.39, 0.29) is 24.3 Å². The molecule has 3 nitrogen and oxygen atoms in total. The van der Waals surface area contributed by atoms with Crippen LogP contribution in [0, 0.1) is 5.82 Å². The molecule has 1 aromatic heterocycles. The lowest BCUT2D eigenvalue weighted by Gasteiger charge is -2.20. The van der Waals surface area contributed by atoms with Crippen LogP contribution in [0.1, 0.15) is 24.4 Å². The fraction of sp³-hybridized carbons (Fsp3) is 0.200.